The SMILES string of the molecule is CCCn1c(=O)n(CC(=O)NCC(=O)Nc2cccc(C)c2C)c2ccccc21. The molecule has 1 aromatic heterocycles. The third-order valence-electron chi connectivity index (χ3n) is 5.00. The summed E-state index contributed by atoms with van der Waals surface area (Å²) in [5.74, 6) is -0.699. The van der Waals surface area contributed by atoms with Crippen LogP contribution in [-0.4, -0.2) is 27.5 Å². The fourth-order valence-electron chi connectivity index (χ4n) is 3.32. The first-order valence-electron chi connectivity index (χ1n) is 9.73. The van der Waals surface area contributed by atoms with Crippen molar-refractivity contribution < 1.29 is 9.59 Å². The summed E-state index contributed by atoms with van der Waals surface area (Å²) in [5, 5.41) is 5.40. The Kier molecular flexibility index (Phi) is 6.16. The molecule has 0 saturated heterocycles. The molecule has 0 aliphatic rings. The van der Waals surface area contributed by atoms with Crippen LogP contribution >= 0.6 is 0 Å². The van der Waals surface area contributed by atoms with Gasteiger partial charge in [0, 0.05) is 12.2 Å². The summed E-state index contributed by atoms with van der Waals surface area (Å²) < 4.78 is 3.12. The lowest BCUT2D eigenvalue weighted by Gasteiger charge is -2.11. The van der Waals surface area contributed by atoms with E-state index in [0.717, 1.165) is 28.8 Å². The minimum Gasteiger partial charge on any atom is -0.345 e. The standard InChI is InChI=1S/C22H26N4O3/c1-4-12-25-18-10-5-6-11-19(18)26(22(25)29)14-21(28)23-13-20(27)24-17-9-7-8-15(2)16(17)3/h5-11H,4,12-14H2,1-3H3,(H,23,28)(H,24,27). The van der Waals surface area contributed by atoms with E-state index in [0.29, 0.717) is 12.1 Å². The molecule has 2 aromatic carbocycles. The van der Waals surface area contributed by atoms with E-state index >= 15 is 0 Å². The quantitative estimate of drug-likeness (QED) is 0.646. The second kappa shape index (κ2) is 8.77. The van der Waals surface area contributed by atoms with Crippen LogP contribution in [0, 0.1) is 13.8 Å². The highest BCUT2D eigenvalue weighted by atomic mass is 16.2. The van der Waals surface area contributed by atoms with Gasteiger partial charge in [0.1, 0.15) is 6.54 Å². The fourth-order valence-corrected chi connectivity index (χ4v) is 3.32. The van der Waals surface area contributed by atoms with Crippen LogP contribution in [0.2, 0.25) is 0 Å². The highest BCUT2D eigenvalue weighted by molar-refractivity contribution is 5.95. The van der Waals surface area contributed by atoms with E-state index in [1.54, 1.807) is 4.57 Å². The van der Waals surface area contributed by atoms with Crippen LogP contribution in [0.15, 0.2) is 47.3 Å². The van der Waals surface area contributed by atoms with Crippen LogP contribution < -0.4 is 16.3 Å². The average molecular weight is 394 g/mol. The van der Waals surface area contributed by atoms with Crippen LogP contribution in [0.4, 0.5) is 5.69 Å². The Hall–Kier alpha value is -3.35. The normalized spacial score (nSPS) is 10.9. The number of benzene rings is 2. The molecule has 0 aliphatic heterocycles. The van der Waals surface area contributed by atoms with Crippen molar-refractivity contribution in [3.05, 3.63) is 64.1 Å². The molecule has 7 nitrogen and oxygen atoms in total. The van der Waals surface area contributed by atoms with Gasteiger partial charge in [0.15, 0.2) is 0 Å². The number of para-hydroxylation sites is 2. The maximum absolute atomic E-state index is 12.7. The van der Waals surface area contributed by atoms with Gasteiger partial charge in [0.05, 0.1) is 17.6 Å². The number of hydrogen-bond acceptors (Lipinski definition) is 3. The lowest BCUT2D eigenvalue weighted by molar-refractivity contribution is -0.124. The molecule has 0 aliphatic carbocycles. The summed E-state index contributed by atoms with van der Waals surface area (Å²) in [7, 11) is 0. The molecule has 1 heterocycles. The van der Waals surface area contributed by atoms with Gasteiger partial charge in [-0.3, -0.25) is 18.7 Å². The van der Waals surface area contributed by atoms with Crippen molar-refractivity contribution in [3.8, 4) is 0 Å². The monoisotopic (exact) mass is 394 g/mol. The van der Waals surface area contributed by atoms with Gasteiger partial charge in [-0.2, -0.15) is 0 Å². The molecule has 152 valence electrons. The van der Waals surface area contributed by atoms with Crippen LogP contribution in [0.1, 0.15) is 24.5 Å². The molecule has 0 spiro atoms. The molecule has 0 unspecified atom stereocenters. The van der Waals surface area contributed by atoms with E-state index in [1.165, 1.54) is 4.57 Å². The van der Waals surface area contributed by atoms with Gasteiger partial charge in [-0.25, -0.2) is 4.79 Å². The predicted molar refractivity (Wildman–Crippen MR) is 114 cm³/mol. The highest BCUT2D eigenvalue weighted by Gasteiger charge is 2.15. The summed E-state index contributed by atoms with van der Waals surface area (Å²) >= 11 is 0. The van der Waals surface area contributed by atoms with Crippen LogP contribution in [0.3, 0.4) is 0 Å². The van der Waals surface area contributed by atoms with Crippen LogP contribution in [0.5, 0.6) is 0 Å². The third-order valence-corrected chi connectivity index (χ3v) is 5.00. The van der Waals surface area contributed by atoms with Gasteiger partial charge in [0.2, 0.25) is 11.8 Å². The van der Waals surface area contributed by atoms with Crippen molar-refractivity contribution in [2.24, 2.45) is 0 Å². The van der Waals surface area contributed by atoms with Gasteiger partial charge in [0.25, 0.3) is 0 Å². The number of hydrogen-bond donors (Lipinski definition) is 2. The number of amides is 2. The first-order chi connectivity index (χ1) is 13.9. The van der Waals surface area contributed by atoms with Crippen molar-refractivity contribution in [2.75, 3.05) is 11.9 Å². The molecule has 0 bridgehead atoms. The van der Waals surface area contributed by atoms with E-state index in [4.69, 9.17) is 0 Å². The maximum Gasteiger partial charge on any atom is 0.329 e. The van der Waals surface area contributed by atoms with Crippen LogP contribution in [-0.2, 0) is 22.7 Å². The maximum atomic E-state index is 12.7. The Morgan fingerprint density at radius 2 is 1.62 bits per heavy atom. The van der Waals surface area contributed by atoms with Crippen molar-refractivity contribution in [1.82, 2.24) is 14.5 Å². The Labute approximate surface area is 169 Å². The summed E-state index contributed by atoms with van der Waals surface area (Å²) in [6.07, 6.45) is 0.818. The third kappa shape index (κ3) is 4.39. The van der Waals surface area contributed by atoms with E-state index in [2.05, 4.69) is 10.6 Å². The van der Waals surface area contributed by atoms with Crippen LogP contribution in [0.25, 0.3) is 11.0 Å². The highest BCUT2D eigenvalue weighted by Crippen LogP contribution is 2.17. The lowest BCUT2D eigenvalue weighted by Crippen LogP contribution is -2.37. The van der Waals surface area contributed by atoms with E-state index in [1.807, 2.05) is 63.2 Å². The first-order valence-corrected chi connectivity index (χ1v) is 9.73. The summed E-state index contributed by atoms with van der Waals surface area (Å²) in [6, 6.07) is 13.1. The smallest absolute Gasteiger partial charge is 0.329 e. The molecule has 7 heteroatoms. The second-order valence-corrected chi connectivity index (χ2v) is 7.08. The average Bonchev–Trinajstić information content (AvgIpc) is 2.96. The molecular weight excluding hydrogens is 368 g/mol. The van der Waals surface area contributed by atoms with E-state index in [9.17, 15) is 14.4 Å². The predicted octanol–water partition coefficient (Wildman–Crippen LogP) is 2.58. The fraction of sp³-hybridized carbons (Fsp3) is 0.318. The topological polar surface area (TPSA) is 85.1 Å². The first kappa shape index (κ1) is 20.4. The van der Waals surface area contributed by atoms with Gasteiger partial charge >= 0.3 is 5.69 Å². The number of fused-ring (bicyclic) bond motifs is 1. The molecule has 3 aromatic rings. The molecule has 0 fully saturated rings. The number of aromatic nitrogens is 2. The van der Waals surface area contributed by atoms with Gasteiger partial charge in [-0.05, 0) is 49.6 Å². The Morgan fingerprint density at radius 1 is 0.931 bits per heavy atom. The minimum atomic E-state index is -0.386. The lowest BCUT2D eigenvalue weighted by atomic mass is 10.1. The zero-order chi connectivity index (χ0) is 21.0. The Bertz CT molecular complexity index is 1110. The van der Waals surface area contributed by atoms with Crippen molar-refractivity contribution in [2.45, 2.75) is 40.3 Å². The zero-order valence-electron chi connectivity index (χ0n) is 17.0. The number of nitrogens with one attached hydrogen (secondary N) is 2. The van der Waals surface area contributed by atoms with Crippen molar-refractivity contribution in [1.29, 1.82) is 0 Å². The number of carbonyl (C=O) groups excluding carboxylic acids is 2. The Morgan fingerprint density at radius 3 is 2.31 bits per heavy atom. The molecule has 3 rings (SSSR count). The summed E-state index contributed by atoms with van der Waals surface area (Å²) in [4.78, 5) is 37.3. The largest absolute Gasteiger partial charge is 0.345 e. The molecule has 2 N–H and O–H groups in total. The zero-order valence-corrected chi connectivity index (χ0v) is 17.0. The number of anilines is 1. The molecule has 0 radical (unpaired) electrons. The summed E-state index contributed by atoms with van der Waals surface area (Å²) in [5.41, 5.74) is 4.09. The van der Waals surface area contributed by atoms with Gasteiger partial charge in [-0.1, -0.05) is 31.2 Å². The summed E-state index contributed by atoms with van der Waals surface area (Å²) in [6.45, 7) is 6.20. The number of aryl methyl sites for hydroxylation is 2. The molecular formula is C22H26N4O3. The van der Waals surface area contributed by atoms with Crippen molar-refractivity contribution in [3.63, 3.8) is 0 Å². The van der Waals surface area contributed by atoms with Gasteiger partial charge < -0.3 is 10.6 Å². The Balaban J connectivity index is 1.67. The van der Waals surface area contributed by atoms with Gasteiger partial charge in [-0.15, -0.1) is 0 Å². The molecule has 2 amide bonds. The number of imidazole rings is 1. The number of rotatable bonds is 7. The number of carbonyl (C=O) groups is 2. The number of nitrogens with zero attached hydrogens (tertiary/aromatic N) is 2. The second-order valence-electron chi connectivity index (χ2n) is 7.08. The minimum absolute atomic E-state index is 0.132. The van der Waals surface area contributed by atoms with E-state index < -0.39 is 0 Å². The molecule has 0 saturated carbocycles. The van der Waals surface area contributed by atoms with Crippen molar-refractivity contribution >= 4 is 28.5 Å². The molecule has 0 atom stereocenters. The molecule has 29 heavy (non-hydrogen) atoms. The van der Waals surface area contributed by atoms with E-state index in [-0.39, 0.29) is 30.6 Å².